The number of hydrogen-bond donors (Lipinski definition) is 2. The van der Waals surface area contributed by atoms with Crippen LogP contribution in [0.15, 0.2) is 36.4 Å². The molecule has 0 radical (unpaired) electrons. The molecule has 0 heterocycles. The number of nitrogens with zero attached hydrogens (tertiary/aromatic N) is 1. The maximum absolute atomic E-state index is 13.5. The number of nitro benzene ring substituents is 1. The zero-order valence-corrected chi connectivity index (χ0v) is 11.3. The van der Waals surface area contributed by atoms with Gasteiger partial charge in [-0.05, 0) is 36.2 Å². The maximum atomic E-state index is 13.5. The minimum atomic E-state index is -0.550. The van der Waals surface area contributed by atoms with E-state index in [1.807, 2.05) is 6.92 Å². The van der Waals surface area contributed by atoms with Crippen molar-refractivity contribution in [2.45, 2.75) is 13.5 Å². The van der Waals surface area contributed by atoms with Gasteiger partial charge in [0.15, 0.2) is 11.6 Å². The van der Waals surface area contributed by atoms with E-state index in [4.69, 9.17) is 10.6 Å². The fourth-order valence-electron chi connectivity index (χ4n) is 1.82. The molecule has 2 aromatic carbocycles. The quantitative estimate of drug-likeness (QED) is 0.502. The van der Waals surface area contributed by atoms with Crippen LogP contribution in [0.25, 0.3) is 0 Å². The molecule has 110 valence electrons. The third kappa shape index (κ3) is 3.46. The summed E-state index contributed by atoms with van der Waals surface area (Å²) in [6, 6.07) is 8.95. The number of aryl methyl sites for hydroxylation is 1. The van der Waals surface area contributed by atoms with Gasteiger partial charge >= 0.3 is 0 Å². The second-order valence-corrected chi connectivity index (χ2v) is 4.48. The molecule has 0 unspecified atom stereocenters. The highest BCUT2D eigenvalue weighted by atomic mass is 19.1. The van der Waals surface area contributed by atoms with Gasteiger partial charge in [0.2, 0.25) is 0 Å². The van der Waals surface area contributed by atoms with Crippen LogP contribution in [-0.2, 0) is 6.61 Å². The van der Waals surface area contributed by atoms with Crippen LogP contribution < -0.4 is 16.0 Å². The molecule has 7 heteroatoms. The Morgan fingerprint density at radius 1 is 1.33 bits per heavy atom. The van der Waals surface area contributed by atoms with Crippen LogP contribution in [0, 0.1) is 22.9 Å². The van der Waals surface area contributed by atoms with Crippen LogP contribution in [0.2, 0.25) is 0 Å². The molecule has 0 bridgehead atoms. The molecule has 3 N–H and O–H groups in total. The van der Waals surface area contributed by atoms with E-state index in [2.05, 4.69) is 5.43 Å². The molecule has 0 spiro atoms. The first-order valence-corrected chi connectivity index (χ1v) is 6.14. The second-order valence-electron chi connectivity index (χ2n) is 4.48. The molecule has 0 amide bonds. The number of nitrogens with one attached hydrogen (secondary N) is 1. The number of halogens is 1. The Hall–Kier alpha value is -2.67. The van der Waals surface area contributed by atoms with E-state index in [0.29, 0.717) is 5.56 Å². The normalized spacial score (nSPS) is 10.2. The lowest BCUT2D eigenvalue weighted by Gasteiger charge is -2.09. The van der Waals surface area contributed by atoms with Crippen molar-refractivity contribution in [3.63, 3.8) is 0 Å². The van der Waals surface area contributed by atoms with Gasteiger partial charge in [-0.15, -0.1) is 0 Å². The topological polar surface area (TPSA) is 90.4 Å². The number of nitrogens with two attached hydrogens (primary N) is 1. The highest BCUT2D eigenvalue weighted by Gasteiger charge is 2.14. The summed E-state index contributed by atoms with van der Waals surface area (Å²) in [4.78, 5) is 10.4. The Kier molecular flexibility index (Phi) is 4.34. The van der Waals surface area contributed by atoms with Crippen LogP contribution in [0.3, 0.4) is 0 Å². The predicted octanol–water partition coefficient (Wildman–Crippen LogP) is 2.91. The largest absolute Gasteiger partial charge is 0.486 e. The summed E-state index contributed by atoms with van der Waals surface area (Å²) >= 11 is 0. The molecular weight excluding hydrogens is 277 g/mol. The van der Waals surface area contributed by atoms with Crippen LogP contribution in [0.1, 0.15) is 11.1 Å². The Morgan fingerprint density at radius 2 is 2.10 bits per heavy atom. The summed E-state index contributed by atoms with van der Waals surface area (Å²) in [6.45, 7) is 1.84. The Balaban J connectivity index is 2.18. The fraction of sp³-hybridized carbons (Fsp3) is 0.143. The SMILES string of the molecule is Cc1ccc(F)c(OCc2ccc(NN)c([N+](=O)[O-])c2)c1. The molecule has 2 aromatic rings. The molecule has 0 aliphatic rings. The number of hydrogen-bond acceptors (Lipinski definition) is 5. The Morgan fingerprint density at radius 3 is 2.76 bits per heavy atom. The van der Waals surface area contributed by atoms with Gasteiger partial charge in [0, 0.05) is 6.07 Å². The van der Waals surface area contributed by atoms with Gasteiger partial charge in [0.1, 0.15) is 12.3 Å². The second kappa shape index (κ2) is 6.19. The van der Waals surface area contributed by atoms with Gasteiger partial charge in [-0.1, -0.05) is 12.1 Å². The monoisotopic (exact) mass is 291 g/mol. The van der Waals surface area contributed by atoms with Gasteiger partial charge in [-0.2, -0.15) is 0 Å². The molecular formula is C14H14FN3O3. The fourth-order valence-corrected chi connectivity index (χ4v) is 1.82. The van der Waals surface area contributed by atoms with Crippen molar-refractivity contribution in [1.29, 1.82) is 0 Å². The molecule has 0 saturated carbocycles. The number of hydrazine groups is 1. The van der Waals surface area contributed by atoms with Crippen molar-refractivity contribution < 1.29 is 14.1 Å². The third-order valence-corrected chi connectivity index (χ3v) is 2.90. The van der Waals surface area contributed by atoms with Gasteiger partial charge in [0.25, 0.3) is 5.69 Å². The number of benzene rings is 2. The van der Waals surface area contributed by atoms with Gasteiger partial charge in [-0.3, -0.25) is 16.0 Å². The Bertz CT molecular complexity index is 677. The summed E-state index contributed by atoms with van der Waals surface area (Å²) in [5.74, 6) is 4.84. The highest BCUT2D eigenvalue weighted by Crippen LogP contribution is 2.26. The summed E-state index contributed by atoms with van der Waals surface area (Å²) in [7, 11) is 0. The van der Waals surface area contributed by atoms with Crippen molar-refractivity contribution in [1.82, 2.24) is 0 Å². The van der Waals surface area contributed by atoms with Crippen molar-refractivity contribution in [3.05, 3.63) is 63.5 Å². The van der Waals surface area contributed by atoms with E-state index in [1.54, 1.807) is 18.2 Å². The minimum absolute atomic E-state index is 0.0199. The molecule has 0 aliphatic heterocycles. The third-order valence-electron chi connectivity index (χ3n) is 2.90. The number of anilines is 1. The van der Waals surface area contributed by atoms with Crippen LogP contribution in [0.4, 0.5) is 15.8 Å². The van der Waals surface area contributed by atoms with Crippen molar-refractivity contribution in [3.8, 4) is 5.75 Å². The van der Waals surface area contributed by atoms with Crippen LogP contribution >= 0.6 is 0 Å². The first-order chi connectivity index (χ1) is 10.0. The summed E-state index contributed by atoms with van der Waals surface area (Å²) in [6.07, 6.45) is 0. The van der Waals surface area contributed by atoms with E-state index in [9.17, 15) is 14.5 Å². The van der Waals surface area contributed by atoms with Gasteiger partial charge in [0.05, 0.1) is 4.92 Å². The van der Waals surface area contributed by atoms with E-state index < -0.39 is 10.7 Å². The first-order valence-electron chi connectivity index (χ1n) is 6.14. The molecule has 6 nitrogen and oxygen atoms in total. The first kappa shape index (κ1) is 14.7. The van der Waals surface area contributed by atoms with Gasteiger partial charge < -0.3 is 10.2 Å². The predicted molar refractivity (Wildman–Crippen MR) is 76.4 cm³/mol. The number of rotatable bonds is 5. The van der Waals surface area contributed by atoms with E-state index >= 15 is 0 Å². The number of nitro groups is 1. The maximum Gasteiger partial charge on any atom is 0.294 e. The zero-order valence-electron chi connectivity index (χ0n) is 11.3. The summed E-state index contributed by atoms with van der Waals surface area (Å²) < 4.78 is 18.9. The molecule has 0 aliphatic carbocycles. The van der Waals surface area contributed by atoms with Crippen molar-refractivity contribution in [2.24, 2.45) is 5.84 Å². The molecule has 2 rings (SSSR count). The van der Waals surface area contributed by atoms with E-state index in [1.165, 1.54) is 18.2 Å². The average molecular weight is 291 g/mol. The molecule has 0 fully saturated rings. The zero-order chi connectivity index (χ0) is 15.4. The standard InChI is InChI=1S/C14H14FN3O3/c1-9-2-4-11(15)14(6-9)21-8-10-3-5-12(17-16)13(7-10)18(19)20/h2-7,17H,8,16H2,1H3. The molecule has 21 heavy (non-hydrogen) atoms. The van der Waals surface area contributed by atoms with E-state index in [0.717, 1.165) is 5.56 Å². The summed E-state index contributed by atoms with van der Waals surface area (Å²) in [5.41, 5.74) is 3.69. The summed E-state index contributed by atoms with van der Waals surface area (Å²) in [5, 5.41) is 10.9. The van der Waals surface area contributed by atoms with E-state index in [-0.39, 0.29) is 23.7 Å². The lowest BCUT2D eigenvalue weighted by Crippen LogP contribution is -2.09. The van der Waals surface area contributed by atoms with Gasteiger partial charge in [-0.25, -0.2) is 4.39 Å². The molecule has 0 aromatic heterocycles. The van der Waals surface area contributed by atoms with Crippen molar-refractivity contribution >= 4 is 11.4 Å². The van der Waals surface area contributed by atoms with Crippen molar-refractivity contribution in [2.75, 3.05) is 5.43 Å². The molecule has 0 saturated heterocycles. The average Bonchev–Trinajstić information content (AvgIpc) is 2.47. The smallest absolute Gasteiger partial charge is 0.294 e. The van der Waals surface area contributed by atoms with Crippen LogP contribution in [0.5, 0.6) is 5.75 Å². The minimum Gasteiger partial charge on any atom is -0.486 e. The highest BCUT2D eigenvalue weighted by molar-refractivity contribution is 5.61. The lowest BCUT2D eigenvalue weighted by atomic mass is 10.2. The number of ether oxygens (including phenoxy) is 1. The Labute approximate surface area is 120 Å². The molecule has 0 atom stereocenters. The lowest BCUT2D eigenvalue weighted by molar-refractivity contribution is -0.384. The number of nitrogen functional groups attached to an aromatic ring is 1. The van der Waals surface area contributed by atoms with Crippen LogP contribution in [-0.4, -0.2) is 4.92 Å².